The first-order valence-corrected chi connectivity index (χ1v) is 10.5. The van der Waals surface area contributed by atoms with Crippen molar-refractivity contribution in [2.24, 2.45) is 0 Å². The number of aromatic nitrogens is 1. The zero-order chi connectivity index (χ0) is 20.8. The van der Waals surface area contributed by atoms with Crippen molar-refractivity contribution in [2.75, 3.05) is 0 Å². The van der Waals surface area contributed by atoms with Gasteiger partial charge in [-0.1, -0.05) is 67.1 Å². The lowest BCUT2D eigenvalue weighted by atomic mass is 9.94. The molecule has 0 aliphatic heterocycles. The second kappa shape index (κ2) is 9.60. The van der Waals surface area contributed by atoms with Crippen molar-refractivity contribution in [2.45, 2.75) is 59.2 Å². The van der Waals surface area contributed by atoms with Gasteiger partial charge in [-0.3, -0.25) is 4.79 Å². The highest BCUT2D eigenvalue weighted by molar-refractivity contribution is 5.84. The molecule has 0 aliphatic rings. The van der Waals surface area contributed by atoms with Crippen LogP contribution in [0.1, 0.15) is 55.5 Å². The lowest BCUT2D eigenvalue weighted by molar-refractivity contribution is -0.135. The molecule has 0 spiro atoms. The van der Waals surface area contributed by atoms with E-state index in [1.54, 1.807) is 0 Å². The normalized spacial score (nSPS) is 12.2. The van der Waals surface area contributed by atoms with Crippen LogP contribution in [0.15, 0.2) is 72.9 Å². The molecule has 3 nitrogen and oxygen atoms in total. The Morgan fingerprint density at radius 2 is 1.76 bits per heavy atom. The molecule has 1 aromatic heterocycles. The maximum absolute atomic E-state index is 13.5. The minimum Gasteiger partial charge on any atom is -0.345 e. The smallest absolute Gasteiger partial charge is 0.230 e. The van der Waals surface area contributed by atoms with E-state index in [9.17, 15) is 4.79 Å². The van der Waals surface area contributed by atoms with Crippen molar-refractivity contribution in [1.82, 2.24) is 9.47 Å². The molecule has 1 atom stereocenters. The molecule has 3 aromatic rings. The Morgan fingerprint density at radius 1 is 1.00 bits per heavy atom. The van der Waals surface area contributed by atoms with Crippen molar-refractivity contribution in [3.8, 4) is 0 Å². The van der Waals surface area contributed by atoms with Crippen LogP contribution in [0.2, 0.25) is 0 Å². The molecule has 29 heavy (non-hydrogen) atoms. The minimum atomic E-state index is -0.0983. The molecule has 0 fully saturated rings. The predicted octanol–water partition coefficient (Wildman–Crippen LogP) is 5.78. The van der Waals surface area contributed by atoms with E-state index in [-0.39, 0.29) is 17.9 Å². The van der Waals surface area contributed by atoms with Gasteiger partial charge in [0.05, 0.1) is 12.5 Å². The quantitative estimate of drug-likeness (QED) is 0.480. The topological polar surface area (TPSA) is 25.2 Å². The second-order valence-electron chi connectivity index (χ2n) is 8.05. The highest BCUT2D eigenvalue weighted by Gasteiger charge is 2.27. The first-order valence-electron chi connectivity index (χ1n) is 10.5. The van der Waals surface area contributed by atoms with Crippen LogP contribution in [0.3, 0.4) is 0 Å². The van der Waals surface area contributed by atoms with Gasteiger partial charge >= 0.3 is 0 Å². The van der Waals surface area contributed by atoms with Crippen LogP contribution in [-0.2, 0) is 17.9 Å². The number of rotatable bonds is 8. The molecule has 152 valence electrons. The molecule has 0 unspecified atom stereocenters. The van der Waals surface area contributed by atoms with Gasteiger partial charge in [0.15, 0.2) is 0 Å². The van der Waals surface area contributed by atoms with Crippen LogP contribution in [-0.4, -0.2) is 21.4 Å². The SMILES string of the molecule is CC[C@@H](C(=O)N(Cc1cccn1Cc1cccc(C)c1)C(C)C)c1ccccc1. The van der Waals surface area contributed by atoms with Gasteiger partial charge in [-0.2, -0.15) is 0 Å². The fourth-order valence-electron chi connectivity index (χ4n) is 3.88. The van der Waals surface area contributed by atoms with Crippen LogP contribution in [0, 0.1) is 6.92 Å². The molecule has 0 bridgehead atoms. The summed E-state index contributed by atoms with van der Waals surface area (Å²) in [6, 6.07) is 23.1. The molecule has 0 N–H and O–H groups in total. The summed E-state index contributed by atoms with van der Waals surface area (Å²) in [5.74, 6) is 0.107. The van der Waals surface area contributed by atoms with E-state index < -0.39 is 0 Å². The van der Waals surface area contributed by atoms with Gasteiger partial charge in [0.25, 0.3) is 0 Å². The lowest BCUT2D eigenvalue weighted by Gasteiger charge is -2.31. The highest BCUT2D eigenvalue weighted by atomic mass is 16.2. The number of benzene rings is 2. The maximum atomic E-state index is 13.5. The van der Waals surface area contributed by atoms with E-state index in [0.29, 0.717) is 6.54 Å². The first kappa shape index (κ1) is 20.9. The maximum Gasteiger partial charge on any atom is 0.230 e. The number of carbonyl (C=O) groups excluding carboxylic acids is 1. The van der Waals surface area contributed by atoms with Gasteiger partial charge in [-0.25, -0.2) is 0 Å². The summed E-state index contributed by atoms with van der Waals surface area (Å²) >= 11 is 0. The van der Waals surface area contributed by atoms with E-state index in [2.05, 4.69) is 87.0 Å². The van der Waals surface area contributed by atoms with Crippen molar-refractivity contribution in [3.05, 3.63) is 95.3 Å². The summed E-state index contributed by atoms with van der Waals surface area (Å²) < 4.78 is 2.25. The van der Waals surface area contributed by atoms with Crippen molar-refractivity contribution >= 4 is 5.91 Å². The van der Waals surface area contributed by atoms with Gasteiger partial charge in [-0.15, -0.1) is 0 Å². The van der Waals surface area contributed by atoms with E-state index in [1.165, 1.54) is 11.1 Å². The van der Waals surface area contributed by atoms with Crippen LogP contribution in [0.5, 0.6) is 0 Å². The van der Waals surface area contributed by atoms with Crippen LogP contribution >= 0.6 is 0 Å². The Bertz CT molecular complexity index is 927. The molecule has 3 rings (SSSR count). The summed E-state index contributed by atoms with van der Waals surface area (Å²) in [6.07, 6.45) is 2.91. The number of nitrogens with zero attached hydrogens (tertiary/aromatic N) is 2. The van der Waals surface area contributed by atoms with Gasteiger partial charge in [0.1, 0.15) is 0 Å². The molecule has 0 aliphatic carbocycles. The number of amides is 1. The molecular weight excluding hydrogens is 356 g/mol. The lowest BCUT2D eigenvalue weighted by Crippen LogP contribution is -2.40. The van der Waals surface area contributed by atoms with Gasteiger partial charge < -0.3 is 9.47 Å². The molecule has 0 saturated heterocycles. The monoisotopic (exact) mass is 388 g/mol. The number of hydrogen-bond acceptors (Lipinski definition) is 1. The fraction of sp³-hybridized carbons (Fsp3) is 0.346. The Kier molecular flexibility index (Phi) is 6.92. The highest BCUT2D eigenvalue weighted by Crippen LogP contribution is 2.24. The Labute approximate surface area is 175 Å². The second-order valence-corrected chi connectivity index (χ2v) is 8.05. The Morgan fingerprint density at radius 3 is 2.41 bits per heavy atom. The number of aryl methyl sites for hydroxylation is 1. The molecule has 1 amide bonds. The molecule has 1 heterocycles. The number of carbonyl (C=O) groups is 1. The zero-order valence-electron chi connectivity index (χ0n) is 18.0. The summed E-state index contributed by atoms with van der Waals surface area (Å²) in [6.45, 7) is 9.85. The van der Waals surface area contributed by atoms with Crippen molar-refractivity contribution in [3.63, 3.8) is 0 Å². The average Bonchev–Trinajstić information content (AvgIpc) is 3.14. The zero-order valence-corrected chi connectivity index (χ0v) is 18.0. The largest absolute Gasteiger partial charge is 0.345 e. The van der Waals surface area contributed by atoms with Crippen LogP contribution in [0.25, 0.3) is 0 Å². The fourth-order valence-corrected chi connectivity index (χ4v) is 3.88. The van der Waals surface area contributed by atoms with Crippen molar-refractivity contribution in [1.29, 1.82) is 0 Å². The van der Waals surface area contributed by atoms with E-state index in [4.69, 9.17) is 0 Å². The van der Waals surface area contributed by atoms with Crippen molar-refractivity contribution < 1.29 is 4.79 Å². The summed E-state index contributed by atoms with van der Waals surface area (Å²) in [4.78, 5) is 15.5. The third-order valence-electron chi connectivity index (χ3n) is 5.51. The average molecular weight is 389 g/mol. The van der Waals surface area contributed by atoms with Gasteiger partial charge in [0.2, 0.25) is 5.91 Å². The molecular formula is C26H32N2O. The Hall–Kier alpha value is -2.81. The van der Waals surface area contributed by atoms with Gasteiger partial charge in [0, 0.05) is 24.5 Å². The Balaban J connectivity index is 1.81. The number of hydrogen-bond donors (Lipinski definition) is 0. The van der Waals surface area contributed by atoms with E-state index in [0.717, 1.165) is 24.2 Å². The van der Waals surface area contributed by atoms with E-state index >= 15 is 0 Å². The summed E-state index contributed by atoms with van der Waals surface area (Å²) in [7, 11) is 0. The first-order chi connectivity index (χ1) is 14.0. The summed E-state index contributed by atoms with van der Waals surface area (Å²) in [5.41, 5.74) is 4.81. The standard InChI is InChI=1S/C26H32N2O/c1-5-25(23-13-7-6-8-14-23)26(29)28(20(2)3)19-24-15-10-16-27(24)18-22-12-9-11-21(4)17-22/h6-17,20,25H,5,18-19H2,1-4H3/t25-/m1/s1. The molecule has 2 aromatic carbocycles. The molecule has 0 saturated carbocycles. The third kappa shape index (κ3) is 5.17. The van der Waals surface area contributed by atoms with Crippen LogP contribution in [0.4, 0.5) is 0 Å². The molecule has 0 radical (unpaired) electrons. The van der Waals surface area contributed by atoms with E-state index in [1.807, 2.05) is 23.1 Å². The summed E-state index contributed by atoms with van der Waals surface area (Å²) in [5, 5.41) is 0. The third-order valence-corrected chi connectivity index (χ3v) is 5.51. The van der Waals surface area contributed by atoms with Gasteiger partial charge in [-0.05, 0) is 50.5 Å². The minimum absolute atomic E-state index is 0.0983. The molecule has 3 heteroatoms. The van der Waals surface area contributed by atoms with Crippen LogP contribution < -0.4 is 0 Å². The predicted molar refractivity (Wildman–Crippen MR) is 120 cm³/mol.